The van der Waals surface area contributed by atoms with E-state index < -0.39 is 0 Å². The quantitative estimate of drug-likeness (QED) is 0.309. The molecule has 1 aliphatic carbocycles. The molecule has 1 aliphatic rings. The van der Waals surface area contributed by atoms with Crippen molar-refractivity contribution < 1.29 is 14.0 Å². The van der Waals surface area contributed by atoms with Crippen molar-refractivity contribution in [1.82, 2.24) is 15.0 Å². The molecular formula is C28H30FN5O2. The minimum absolute atomic E-state index is 0.250. The second-order valence-electron chi connectivity index (χ2n) is 9.01. The number of amides is 2. The number of halogens is 1. The molecule has 2 aromatic carbocycles. The third-order valence-electron chi connectivity index (χ3n) is 6.75. The summed E-state index contributed by atoms with van der Waals surface area (Å²) in [7, 11) is 0. The van der Waals surface area contributed by atoms with Gasteiger partial charge in [-0.2, -0.15) is 0 Å². The number of hydrogen-bond donors (Lipinski definition) is 3. The highest BCUT2D eigenvalue weighted by atomic mass is 19.1. The number of fused-ring (bicyclic) bond motifs is 1. The molecule has 0 atom stereocenters. The first kappa shape index (κ1) is 25.0. The largest absolute Gasteiger partial charge is 0.372 e. The lowest BCUT2D eigenvalue weighted by Crippen LogP contribution is -2.13. The van der Waals surface area contributed by atoms with Crippen molar-refractivity contribution in [2.24, 2.45) is 11.7 Å². The number of hydrogen-bond acceptors (Lipinski definition) is 4. The van der Waals surface area contributed by atoms with Crippen LogP contribution in [0.3, 0.4) is 0 Å². The van der Waals surface area contributed by atoms with Gasteiger partial charge in [-0.25, -0.2) is 9.37 Å². The van der Waals surface area contributed by atoms with Crippen LogP contribution in [0.2, 0.25) is 0 Å². The predicted molar refractivity (Wildman–Crippen MR) is 139 cm³/mol. The molecule has 0 spiro atoms. The van der Waals surface area contributed by atoms with E-state index in [0.29, 0.717) is 17.2 Å². The average Bonchev–Trinajstić information content (AvgIpc) is 3.33. The zero-order chi connectivity index (χ0) is 25.5. The average molecular weight is 488 g/mol. The first-order valence-corrected chi connectivity index (χ1v) is 12.2. The predicted octanol–water partition coefficient (Wildman–Crippen LogP) is 5.80. The van der Waals surface area contributed by atoms with Gasteiger partial charge in [-0.1, -0.05) is 13.3 Å². The normalized spacial score (nSPS) is 17.2. The molecule has 0 aliphatic heterocycles. The van der Waals surface area contributed by atoms with Gasteiger partial charge < -0.3 is 16.0 Å². The number of anilines is 1. The van der Waals surface area contributed by atoms with E-state index in [9.17, 15) is 9.18 Å². The lowest BCUT2D eigenvalue weighted by molar-refractivity contribution is -0.106. The molecule has 0 saturated heterocycles. The Morgan fingerprint density at radius 1 is 1.11 bits per heavy atom. The van der Waals surface area contributed by atoms with Crippen LogP contribution in [0.5, 0.6) is 0 Å². The fourth-order valence-electron chi connectivity index (χ4n) is 4.67. The highest BCUT2D eigenvalue weighted by molar-refractivity contribution is 6.04. The first-order valence-electron chi connectivity index (χ1n) is 12.2. The van der Waals surface area contributed by atoms with E-state index in [1.54, 1.807) is 0 Å². The van der Waals surface area contributed by atoms with Gasteiger partial charge in [-0.15, -0.1) is 0 Å². The van der Waals surface area contributed by atoms with E-state index in [2.05, 4.69) is 29.0 Å². The monoisotopic (exact) mass is 487 g/mol. The number of pyridine rings is 1. The molecule has 0 unspecified atom stereocenters. The highest BCUT2D eigenvalue weighted by Gasteiger charge is 2.22. The van der Waals surface area contributed by atoms with E-state index >= 15 is 0 Å². The van der Waals surface area contributed by atoms with Gasteiger partial charge in [0.25, 0.3) is 5.91 Å². The minimum atomic E-state index is -0.368. The lowest BCUT2D eigenvalue weighted by Gasteiger charge is -2.27. The summed E-state index contributed by atoms with van der Waals surface area (Å²) in [5.74, 6) is 1.52. The van der Waals surface area contributed by atoms with Crippen molar-refractivity contribution in [3.8, 4) is 11.4 Å². The number of H-pyrrole nitrogens is 1. The van der Waals surface area contributed by atoms with Crippen molar-refractivity contribution in [2.45, 2.75) is 44.9 Å². The molecule has 5 rings (SSSR count). The van der Waals surface area contributed by atoms with E-state index in [4.69, 9.17) is 14.8 Å². The fraction of sp³-hybridized carbons (Fsp3) is 0.286. The van der Waals surface area contributed by atoms with Gasteiger partial charge in [-0.3, -0.25) is 14.6 Å². The topological polar surface area (TPSA) is 114 Å². The number of benzene rings is 2. The van der Waals surface area contributed by atoms with Crippen LogP contribution >= 0.6 is 0 Å². The molecule has 186 valence electrons. The summed E-state index contributed by atoms with van der Waals surface area (Å²) in [6, 6.07) is 15.1. The number of carbonyl (C=O) groups is 2. The molecule has 2 heterocycles. The van der Waals surface area contributed by atoms with E-state index in [0.717, 1.165) is 34.0 Å². The van der Waals surface area contributed by atoms with E-state index in [1.165, 1.54) is 56.4 Å². The molecule has 0 bridgehead atoms. The molecule has 7 nitrogen and oxygen atoms in total. The highest BCUT2D eigenvalue weighted by Crippen LogP contribution is 2.36. The molecule has 8 heteroatoms. The number of aromatic amines is 1. The summed E-state index contributed by atoms with van der Waals surface area (Å²) in [6.45, 7) is 2.28. The summed E-state index contributed by atoms with van der Waals surface area (Å²) in [6.07, 6.45) is 8.41. The van der Waals surface area contributed by atoms with Crippen molar-refractivity contribution in [2.75, 3.05) is 5.32 Å². The van der Waals surface area contributed by atoms with Crippen LogP contribution in [-0.4, -0.2) is 27.3 Å². The van der Waals surface area contributed by atoms with Gasteiger partial charge in [0.2, 0.25) is 6.41 Å². The maximum absolute atomic E-state index is 13.1. The third-order valence-corrected chi connectivity index (χ3v) is 6.75. The summed E-state index contributed by atoms with van der Waals surface area (Å²) < 4.78 is 13.1. The SMILES string of the molecule is CCC1CCC(c2cc3nc(-c4ccc(NC(=O)c5ccc(F)cc5)cc4)[nH]c3cn2)CC1.NC=O. The summed E-state index contributed by atoms with van der Waals surface area (Å²) >= 11 is 0. The molecular weight excluding hydrogens is 457 g/mol. The Morgan fingerprint density at radius 3 is 2.42 bits per heavy atom. The van der Waals surface area contributed by atoms with E-state index in [1.807, 2.05) is 30.5 Å². The van der Waals surface area contributed by atoms with Gasteiger partial charge in [0, 0.05) is 28.4 Å². The maximum atomic E-state index is 13.1. The molecule has 0 radical (unpaired) electrons. The number of aromatic nitrogens is 3. The molecule has 4 aromatic rings. The molecule has 2 amide bonds. The van der Waals surface area contributed by atoms with Crippen LogP contribution in [0.25, 0.3) is 22.4 Å². The van der Waals surface area contributed by atoms with Crippen LogP contribution in [0.15, 0.2) is 60.8 Å². The number of carbonyl (C=O) groups excluding carboxylic acids is 2. The Bertz CT molecular complexity index is 1310. The van der Waals surface area contributed by atoms with Gasteiger partial charge in [-0.05, 0) is 86.2 Å². The van der Waals surface area contributed by atoms with Gasteiger partial charge >= 0.3 is 0 Å². The zero-order valence-electron chi connectivity index (χ0n) is 20.2. The van der Waals surface area contributed by atoms with Crippen LogP contribution in [0.4, 0.5) is 10.1 Å². The van der Waals surface area contributed by atoms with Gasteiger partial charge in [0.1, 0.15) is 11.6 Å². The Hall–Kier alpha value is -4.07. The smallest absolute Gasteiger partial charge is 0.255 e. The van der Waals surface area contributed by atoms with Crippen LogP contribution in [0, 0.1) is 11.7 Å². The maximum Gasteiger partial charge on any atom is 0.255 e. The number of rotatable bonds is 5. The Balaban J connectivity index is 0.000000967. The van der Waals surface area contributed by atoms with Crippen molar-refractivity contribution >= 4 is 29.0 Å². The van der Waals surface area contributed by atoms with Gasteiger partial charge in [0.15, 0.2) is 0 Å². The van der Waals surface area contributed by atoms with Crippen molar-refractivity contribution in [3.05, 3.63) is 77.9 Å². The number of nitrogens with zero attached hydrogens (tertiary/aromatic N) is 2. The molecule has 4 N–H and O–H groups in total. The second-order valence-corrected chi connectivity index (χ2v) is 9.01. The van der Waals surface area contributed by atoms with Crippen LogP contribution in [0.1, 0.15) is 61.0 Å². The summed E-state index contributed by atoms with van der Waals surface area (Å²) in [5, 5.41) is 2.83. The third kappa shape index (κ3) is 5.94. The van der Waals surface area contributed by atoms with Crippen LogP contribution in [-0.2, 0) is 4.79 Å². The van der Waals surface area contributed by atoms with Gasteiger partial charge in [0.05, 0.1) is 17.2 Å². The zero-order valence-corrected chi connectivity index (χ0v) is 20.2. The number of imidazole rings is 1. The minimum Gasteiger partial charge on any atom is -0.372 e. The number of nitrogens with one attached hydrogen (secondary N) is 2. The Kier molecular flexibility index (Phi) is 8.05. The summed E-state index contributed by atoms with van der Waals surface area (Å²) in [5.41, 5.74) is 9.16. The first-order chi connectivity index (χ1) is 17.5. The molecule has 2 aromatic heterocycles. The molecule has 36 heavy (non-hydrogen) atoms. The fourth-order valence-corrected chi connectivity index (χ4v) is 4.67. The lowest BCUT2D eigenvalue weighted by atomic mass is 9.79. The molecule has 1 fully saturated rings. The Labute approximate surface area is 209 Å². The summed E-state index contributed by atoms with van der Waals surface area (Å²) in [4.78, 5) is 33.8. The Morgan fingerprint density at radius 2 is 1.78 bits per heavy atom. The molecule has 1 saturated carbocycles. The number of nitrogens with two attached hydrogens (primary N) is 1. The second kappa shape index (κ2) is 11.6. The standard InChI is InChI=1S/C27H27FN4O.CH3NO/c1-2-17-3-5-18(6-4-17)23-15-24-25(16-29-23)32-26(31-24)19-9-13-22(14-10-19)30-27(33)20-7-11-21(28)12-8-20;2-1-3/h7-18H,2-6H2,1H3,(H,30,33)(H,31,32);1H,(H2,2,3). The van der Waals surface area contributed by atoms with Crippen LogP contribution < -0.4 is 11.1 Å². The van der Waals surface area contributed by atoms with Crippen molar-refractivity contribution in [3.63, 3.8) is 0 Å². The van der Waals surface area contributed by atoms with E-state index in [-0.39, 0.29) is 18.1 Å². The number of primary amides is 1. The van der Waals surface area contributed by atoms with Crippen molar-refractivity contribution in [1.29, 1.82) is 0 Å².